The number of phenols is 1. The molecule has 0 unspecified atom stereocenters. The van der Waals surface area contributed by atoms with E-state index in [0.29, 0.717) is 0 Å². The van der Waals surface area contributed by atoms with Gasteiger partial charge in [0, 0.05) is 19.0 Å². The number of benzene rings is 1. The number of fused-ring (bicyclic) bond motifs is 1. The lowest BCUT2D eigenvalue weighted by atomic mass is 10.1. The maximum atomic E-state index is 9.38. The molecule has 4 nitrogen and oxygen atoms in total. The summed E-state index contributed by atoms with van der Waals surface area (Å²) in [6.07, 6.45) is 2.66. The van der Waals surface area contributed by atoms with E-state index in [1.165, 1.54) is 0 Å². The number of ether oxygens (including phenoxy) is 1. The van der Waals surface area contributed by atoms with Crippen molar-refractivity contribution in [3.63, 3.8) is 0 Å². The molecule has 92 valence electrons. The Morgan fingerprint density at radius 1 is 1.41 bits per heavy atom. The van der Waals surface area contributed by atoms with Crippen molar-refractivity contribution < 1.29 is 9.84 Å². The van der Waals surface area contributed by atoms with Crippen LogP contribution in [0, 0.1) is 0 Å². The van der Waals surface area contributed by atoms with E-state index in [-0.39, 0.29) is 11.4 Å². The number of hydrogen-bond donors (Lipinski definition) is 1. The summed E-state index contributed by atoms with van der Waals surface area (Å²) in [5.74, 6) is 0.272. The van der Waals surface area contributed by atoms with Crippen molar-refractivity contribution in [3.8, 4) is 5.75 Å². The quantitative estimate of drug-likeness (QED) is 0.884. The van der Waals surface area contributed by atoms with E-state index in [0.717, 1.165) is 23.9 Å². The second-order valence-electron chi connectivity index (χ2n) is 4.82. The Balaban J connectivity index is 2.20. The lowest BCUT2D eigenvalue weighted by molar-refractivity contribution is 0.0116. The Labute approximate surface area is 101 Å². The van der Waals surface area contributed by atoms with Crippen LogP contribution in [0.15, 0.2) is 24.4 Å². The number of nitrogens with zero attached hydrogens (tertiary/aromatic N) is 2. The van der Waals surface area contributed by atoms with Gasteiger partial charge in [-0.05, 0) is 38.5 Å². The van der Waals surface area contributed by atoms with Gasteiger partial charge in [0.05, 0.1) is 17.3 Å². The first-order valence-electron chi connectivity index (χ1n) is 5.71. The van der Waals surface area contributed by atoms with E-state index in [4.69, 9.17) is 4.74 Å². The summed E-state index contributed by atoms with van der Waals surface area (Å²) in [4.78, 5) is 0. The van der Waals surface area contributed by atoms with Gasteiger partial charge >= 0.3 is 0 Å². The van der Waals surface area contributed by atoms with E-state index in [1.807, 2.05) is 10.7 Å². The molecule has 2 rings (SSSR count). The van der Waals surface area contributed by atoms with Crippen LogP contribution in [0.2, 0.25) is 0 Å². The lowest BCUT2D eigenvalue weighted by Gasteiger charge is -2.22. The summed E-state index contributed by atoms with van der Waals surface area (Å²) in [5, 5.41) is 14.7. The van der Waals surface area contributed by atoms with Gasteiger partial charge in [-0.1, -0.05) is 0 Å². The third-order valence-corrected chi connectivity index (χ3v) is 3.10. The number of aryl methyl sites for hydroxylation is 1. The van der Waals surface area contributed by atoms with Crippen molar-refractivity contribution in [1.29, 1.82) is 0 Å². The molecule has 0 bridgehead atoms. The first kappa shape index (κ1) is 11.9. The fourth-order valence-electron chi connectivity index (χ4n) is 1.73. The molecule has 17 heavy (non-hydrogen) atoms. The topological polar surface area (TPSA) is 47.3 Å². The van der Waals surface area contributed by atoms with Crippen molar-refractivity contribution in [2.24, 2.45) is 0 Å². The highest BCUT2D eigenvalue weighted by molar-refractivity contribution is 5.80. The predicted molar refractivity (Wildman–Crippen MR) is 67.1 cm³/mol. The summed E-state index contributed by atoms with van der Waals surface area (Å²) in [7, 11) is 1.72. The fourth-order valence-corrected chi connectivity index (χ4v) is 1.73. The number of hydrogen-bond acceptors (Lipinski definition) is 3. The van der Waals surface area contributed by atoms with E-state index >= 15 is 0 Å². The zero-order valence-electron chi connectivity index (χ0n) is 10.5. The zero-order chi connectivity index (χ0) is 12.5. The number of aromatic nitrogens is 2. The van der Waals surface area contributed by atoms with Crippen LogP contribution in [-0.4, -0.2) is 27.6 Å². The minimum Gasteiger partial charge on any atom is -0.508 e. The van der Waals surface area contributed by atoms with E-state index in [9.17, 15) is 5.11 Å². The van der Waals surface area contributed by atoms with Gasteiger partial charge in [0.2, 0.25) is 0 Å². The molecule has 0 radical (unpaired) electrons. The molecule has 0 atom stereocenters. The normalized spacial score (nSPS) is 12.2. The first-order chi connectivity index (χ1) is 8.02. The Morgan fingerprint density at radius 2 is 2.18 bits per heavy atom. The number of rotatable bonds is 4. The van der Waals surface area contributed by atoms with Gasteiger partial charge in [0.1, 0.15) is 5.75 Å². The van der Waals surface area contributed by atoms with Crippen molar-refractivity contribution >= 4 is 10.9 Å². The molecule has 0 saturated heterocycles. The molecule has 0 aliphatic heterocycles. The van der Waals surface area contributed by atoms with Gasteiger partial charge in [-0.25, -0.2) is 0 Å². The maximum absolute atomic E-state index is 9.38. The third kappa shape index (κ3) is 2.58. The van der Waals surface area contributed by atoms with Crippen molar-refractivity contribution in [1.82, 2.24) is 9.78 Å². The van der Waals surface area contributed by atoms with Crippen LogP contribution < -0.4 is 0 Å². The Morgan fingerprint density at radius 3 is 2.88 bits per heavy atom. The summed E-state index contributed by atoms with van der Waals surface area (Å²) >= 11 is 0. The summed E-state index contributed by atoms with van der Waals surface area (Å²) in [6.45, 7) is 4.92. The van der Waals surface area contributed by atoms with E-state index in [2.05, 4.69) is 18.9 Å². The summed E-state index contributed by atoms with van der Waals surface area (Å²) in [6, 6.07) is 5.29. The van der Waals surface area contributed by atoms with Crippen LogP contribution in [0.1, 0.15) is 20.3 Å². The molecule has 1 heterocycles. The molecule has 0 spiro atoms. The lowest BCUT2D eigenvalue weighted by Crippen LogP contribution is -2.24. The van der Waals surface area contributed by atoms with Gasteiger partial charge in [0.15, 0.2) is 0 Å². The predicted octanol–water partition coefficient (Wildman–Crippen LogP) is 2.56. The van der Waals surface area contributed by atoms with Gasteiger partial charge in [-0.15, -0.1) is 0 Å². The van der Waals surface area contributed by atoms with Crippen LogP contribution in [-0.2, 0) is 11.3 Å². The second-order valence-corrected chi connectivity index (χ2v) is 4.82. The molecule has 0 fully saturated rings. The summed E-state index contributed by atoms with van der Waals surface area (Å²) in [5.41, 5.74) is 0.893. The number of phenolic OH excluding ortho intramolecular Hbond substituents is 1. The zero-order valence-corrected chi connectivity index (χ0v) is 10.5. The van der Waals surface area contributed by atoms with Gasteiger partial charge in [0.25, 0.3) is 0 Å². The van der Waals surface area contributed by atoms with Crippen LogP contribution in [0.25, 0.3) is 10.9 Å². The highest BCUT2D eigenvalue weighted by atomic mass is 16.5. The third-order valence-electron chi connectivity index (χ3n) is 3.10. The molecule has 2 aromatic rings. The minimum absolute atomic E-state index is 0.144. The van der Waals surface area contributed by atoms with Crippen LogP contribution in [0.3, 0.4) is 0 Å². The average molecular weight is 234 g/mol. The average Bonchev–Trinajstić information content (AvgIpc) is 2.69. The van der Waals surface area contributed by atoms with Crippen LogP contribution >= 0.6 is 0 Å². The molecule has 0 saturated carbocycles. The van der Waals surface area contributed by atoms with Crippen molar-refractivity contribution in [3.05, 3.63) is 24.4 Å². The monoisotopic (exact) mass is 234 g/mol. The Hall–Kier alpha value is -1.55. The minimum atomic E-state index is -0.144. The molecule has 4 heteroatoms. The largest absolute Gasteiger partial charge is 0.508 e. The standard InChI is InChI=1S/C13H18N2O2/c1-13(2,17-3)6-7-15-12-5-4-11(16)8-10(12)9-14-15/h4-5,8-9,16H,6-7H2,1-3H3. The Bertz CT molecular complexity index is 517. The smallest absolute Gasteiger partial charge is 0.116 e. The molecular weight excluding hydrogens is 216 g/mol. The highest BCUT2D eigenvalue weighted by Crippen LogP contribution is 2.21. The molecular formula is C13H18N2O2. The molecule has 1 aromatic heterocycles. The first-order valence-corrected chi connectivity index (χ1v) is 5.71. The van der Waals surface area contributed by atoms with Crippen molar-refractivity contribution in [2.45, 2.75) is 32.4 Å². The highest BCUT2D eigenvalue weighted by Gasteiger charge is 2.16. The summed E-state index contributed by atoms with van der Waals surface area (Å²) < 4.78 is 7.33. The number of aromatic hydroxyl groups is 1. The second kappa shape index (κ2) is 4.37. The van der Waals surface area contributed by atoms with E-state index < -0.39 is 0 Å². The molecule has 1 N–H and O–H groups in total. The molecule has 0 aliphatic rings. The van der Waals surface area contributed by atoms with Crippen LogP contribution in [0.5, 0.6) is 5.75 Å². The Kier molecular flexibility index (Phi) is 3.07. The van der Waals surface area contributed by atoms with Gasteiger partial charge < -0.3 is 9.84 Å². The SMILES string of the molecule is COC(C)(C)CCn1ncc2cc(O)ccc21. The number of methoxy groups -OCH3 is 1. The molecule has 1 aromatic carbocycles. The molecule has 0 amide bonds. The van der Waals surface area contributed by atoms with Crippen molar-refractivity contribution in [2.75, 3.05) is 7.11 Å². The van der Waals surface area contributed by atoms with Gasteiger partial charge in [-0.2, -0.15) is 5.10 Å². The van der Waals surface area contributed by atoms with E-state index in [1.54, 1.807) is 25.4 Å². The van der Waals surface area contributed by atoms with Crippen LogP contribution in [0.4, 0.5) is 0 Å². The fraction of sp³-hybridized carbons (Fsp3) is 0.462. The maximum Gasteiger partial charge on any atom is 0.116 e. The molecule has 0 aliphatic carbocycles. The van der Waals surface area contributed by atoms with Gasteiger partial charge in [-0.3, -0.25) is 4.68 Å².